The topological polar surface area (TPSA) is 521 Å². The van der Waals surface area contributed by atoms with E-state index < -0.39 is 250 Å². The third kappa shape index (κ3) is 12.9. The average Bonchev–Trinajstić information content (AvgIpc) is 4.26. The minimum atomic E-state index is -1.72. The minimum Gasteiger partial charge on any atom is -0.394 e. The summed E-state index contributed by atoms with van der Waals surface area (Å²) in [6.07, 6.45) is -48.2. The number of hydrogen-bond acceptors (Lipinski definition) is 35. The van der Waals surface area contributed by atoms with Crippen molar-refractivity contribution in [2.75, 3.05) is 52.9 Å². The zero-order valence-corrected chi connectivity index (χ0v) is 39.1. The van der Waals surface area contributed by atoms with Crippen LogP contribution >= 0.6 is 0 Å². The Kier molecular flexibility index (Phi) is 20.7. The maximum Gasteiger partial charge on any atom is 0.190 e. The summed E-state index contributed by atoms with van der Waals surface area (Å²) in [5.41, 5.74) is 0. The highest BCUT2D eigenvalue weighted by Gasteiger charge is 2.54. The first-order valence-corrected chi connectivity index (χ1v) is 23.7. The molecule has 35 heteroatoms. The Labute approximate surface area is 422 Å². The molecule has 8 aliphatic heterocycles. The van der Waals surface area contributed by atoms with Crippen LogP contribution in [0.3, 0.4) is 0 Å². The van der Waals surface area contributed by atoms with Crippen LogP contribution in [0.4, 0.5) is 0 Å². The van der Waals surface area contributed by atoms with Gasteiger partial charge in [-0.05, 0) is 0 Å². The third-order valence-corrected chi connectivity index (χ3v) is 13.9. The lowest BCUT2D eigenvalue weighted by Crippen LogP contribution is -2.40. The van der Waals surface area contributed by atoms with Gasteiger partial charge in [-0.1, -0.05) is 0 Å². The second-order valence-electron chi connectivity index (χ2n) is 18.9. The fourth-order valence-electron chi connectivity index (χ4n) is 9.35. The Morgan fingerprint density at radius 2 is 0.493 bits per heavy atom. The van der Waals surface area contributed by atoms with Crippen molar-refractivity contribution in [3.8, 4) is 0 Å². The summed E-state index contributed by atoms with van der Waals surface area (Å²) in [7, 11) is 0. The summed E-state index contributed by atoms with van der Waals surface area (Å²) in [6, 6.07) is 0. The molecule has 436 valence electrons. The summed E-state index contributed by atoms with van der Waals surface area (Å²) in [5.74, 6) is 0. The molecule has 8 heterocycles. The van der Waals surface area contributed by atoms with Gasteiger partial charge in [-0.25, -0.2) is 9.78 Å². The number of aliphatic hydroxyl groups is 16. The number of ether oxygens (including phenoxy) is 15. The van der Waals surface area contributed by atoms with Gasteiger partial charge in [0.25, 0.3) is 0 Å². The van der Waals surface area contributed by atoms with Crippen LogP contribution in [0.2, 0.25) is 0 Å². The average molecular weight is 1110 g/mol. The zero-order valence-electron chi connectivity index (χ0n) is 39.1. The number of aliphatic hydroxyl groups excluding tert-OH is 16. The van der Waals surface area contributed by atoms with Crippen LogP contribution < -0.4 is 0 Å². The highest BCUT2D eigenvalue weighted by Crippen LogP contribution is 2.34. The largest absolute Gasteiger partial charge is 0.394 e. The van der Waals surface area contributed by atoms with Crippen molar-refractivity contribution in [2.24, 2.45) is 0 Å². The molecule has 8 aliphatic rings. The summed E-state index contributed by atoms with van der Waals surface area (Å²) in [4.78, 5) is 8.71. The molecule has 32 atom stereocenters. The molecule has 75 heavy (non-hydrogen) atoms. The van der Waals surface area contributed by atoms with Crippen molar-refractivity contribution in [3.05, 3.63) is 0 Å². The Hall–Kier alpha value is -1.40. The van der Waals surface area contributed by atoms with Crippen molar-refractivity contribution in [2.45, 2.75) is 197 Å². The monoisotopic (exact) mass is 1110 g/mol. The van der Waals surface area contributed by atoms with Gasteiger partial charge >= 0.3 is 0 Å². The first kappa shape index (κ1) is 59.7. The number of rotatable bonds is 24. The van der Waals surface area contributed by atoms with Gasteiger partial charge in [0, 0.05) is 0 Å². The fraction of sp³-hybridized carbons (Fsp3) is 1.00. The van der Waals surface area contributed by atoms with Gasteiger partial charge in [-0.15, -0.1) is 0 Å². The van der Waals surface area contributed by atoms with E-state index in [9.17, 15) is 92.2 Å². The molecule has 8 saturated heterocycles. The molecule has 0 bridgehead atoms. The second kappa shape index (κ2) is 26.0. The molecular formula is C40H66O35. The van der Waals surface area contributed by atoms with Crippen LogP contribution in [0.25, 0.3) is 0 Å². The molecule has 8 rings (SSSR count). The Morgan fingerprint density at radius 3 is 0.813 bits per heavy atom. The van der Waals surface area contributed by atoms with E-state index in [4.69, 9.17) is 71.1 Å². The summed E-state index contributed by atoms with van der Waals surface area (Å²) in [6.45, 7) is -4.32. The van der Waals surface area contributed by atoms with E-state index >= 15 is 0 Å². The van der Waals surface area contributed by atoms with Crippen molar-refractivity contribution >= 4 is 0 Å². The van der Waals surface area contributed by atoms with Gasteiger partial charge in [0.1, 0.15) is 134 Å². The molecule has 0 amide bonds. The lowest BCUT2D eigenvalue weighted by Gasteiger charge is -2.21. The predicted octanol–water partition coefficient (Wildman–Crippen LogP) is -12.3. The highest BCUT2D eigenvalue weighted by atomic mass is 17.1. The quantitative estimate of drug-likeness (QED) is 0.0315. The molecule has 0 aromatic rings. The lowest BCUT2D eigenvalue weighted by atomic mass is 10.1. The van der Waals surface area contributed by atoms with Crippen LogP contribution in [-0.2, 0) is 80.8 Å². The molecule has 0 unspecified atom stereocenters. The molecule has 35 nitrogen and oxygen atoms in total. The van der Waals surface area contributed by atoms with E-state index in [2.05, 4.69) is 9.78 Å². The molecule has 0 aromatic carbocycles. The van der Waals surface area contributed by atoms with Gasteiger partial charge in [0.15, 0.2) is 62.5 Å². The molecule has 0 aromatic heterocycles. The first-order chi connectivity index (χ1) is 35.8. The van der Waals surface area contributed by atoms with Crippen molar-refractivity contribution in [1.82, 2.24) is 0 Å². The summed E-state index contributed by atoms with van der Waals surface area (Å²) in [5, 5.41) is 184. The second-order valence-corrected chi connectivity index (χ2v) is 18.9. The van der Waals surface area contributed by atoms with Gasteiger partial charge in [0.05, 0.1) is 52.9 Å². The summed E-state index contributed by atoms with van der Waals surface area (Å²) < 4.78 is 82.1. The number of hydrogen-bond donors (Lipinski definition) is 18. The SMILES string of the molecule is OC[C@@H]1O[C@@H](OC[C@@H]2O[C@@H](OC[C@@H]3O[C@@H](OC[C@@H]4O[C@@H](OC[C@@H]5O[C@@H](OC[C@@H]6O[C@@H](OC[C@@H]7O[C@@H](OC[C@@H]8O[C@@H](O)[C@H](O)[C@H]8O)[C@H](O)[C@H]7O)[C@H](O)[C@H]6O)[C@H](O)[C@H]5O)[C@H](O)[C@H]4OO)[C@H](O)[C@H]3O)[C@H](OO)[C@H]2O)[C@H](O)[C@H]1O. The van der Waals surface area contributed by atoms with Gasteiger partial charge in [0.2, 0.25) is 0 Å². The van der Waals surface area contributed by atoms with E-state index in [1.807, 2.05) is 0 Å². The predicted molar refractivity (Wildman–Crippen MR) is 219 cm³/mol. The van der Waals surface area contributed by atoms with Crippen LogP contribution in [0.15, 0.2) is 0 Å². The van der Waals surface area contributed by atoms with Crippen LogP contribution in [0.5, 0.6) is 0 Å². The molecule has 18 N–H and O–H groups in total. The fourth-order valence-corrected chi connectivity index (χ4v) is 9.35. The molecule has 0 aliphatic carbocycles. The van der Waals surface area contributed by atoms with Crippen molar-refractivity contribution < 1.29 is 173 Å². The summed E-state index contributed by atoms with van der Waals surface area (Å²) >= 11 is 0. The van der Waals surface area contributed by atoms with E-state index in [1.54, 1.807) is 0 Å². The zero-order chi connectivity index (χ0) is 54.2. The van der Waals surface area contributed by atoms with E-state index in [1.165, 1.54) is 0 Å². The van der Waals surface area contributed by atoms with Crippen LogP contribution in [0.1, 0.15) is 0 Å². The Morgan fingerprint density at radius 1 is 0.240 bits per heavy atom. The maximum absolute atomic E-state index is 10.8. The Balaban J connectivity index is 0.735. The molecule has 0 spiro atoms. The van der Waals surface area contributed by atoms with E-state index in [0.29, 0.717) is 0 Å². The molecule has 0 saturated carbocycles. The van der Waals surface area contributed by atoms with E-state index in [0.717, 1.165) is 0 Å². The molecular weight excluding hydrogens is 1040 g/mol. The molecule has 0 radical (unpaired) electrons. The van der Waals surface area contributed by atoms with Crippen molar-refractivity contribution in [3.63, 3.8) is 0 Å². The van der Waals surface area contributed by atoms with Gasteiger partial charge < -0.3 is 153 Å². The smallest absolute Gasteiger partial charge is 0.190 e. The normalized spacial score (nSPS) is 52.1. The third-order valence-electron chi connectivity index (χ3n) is 13.9. The Bertz CT molecular complexity index is 1750. The highest BCUT2D eigenvalue weighted by molar-refractivity contribution is 4.95. The van der Waals surface area contributed by atoms with Gasteiger partial charge in [-0.2, -0.15) is 0 Å². The van der Waals surface area contributed by atoms with Crippen LogP contribution in [-0.4, -0.2) is 342 Å². The first-order valence-electron chi connectivity index (χ1n) is 23.7. The van der Waals surface area contributed by atoms with E-state index in [-0.39, 0.29) is 0 Å². The minimum absolute atomic E-state index is 0.454. The van der Waals surface area contributed by atoms with Gasteiger partial charge in [-0.3, -0.25) is 10.5 Å². The maximum atomic E-state index is 10.8. The van der Waals surface area contributed by atoms with Crippen LogP contribution in [0, 0.1) is 0 Å². The lowest BCUT2D eigenvalue weighted by molar-refractivity contribution is -0.325. The standard InChI is InChI=1S/C40H66O35/c41-1-9-17(42)25(50)34(67-9)62-7-15-23(48)32(75-58)40(72-15)65-6-14-22(47)29(54)38(71-14)64-8-16-31(74-57)30(55)39(73-16)63-5-13-21(46)28(53)37(70-13)61-4-12-20(45)27(52)36(69-12)60-3-11-19(44)26(51)35(68-11)59-2-10-18(43)24(49)33(56)66-10/h9-58H,1-8H2/t9-,10-,11-,12-,13-,14-,15-,16-,17-,18-,19-,20-,21-,22-,23-,24+,25+,26+,27+,28+,29+,30+,31-,32+,33+,34+,35+,36+,37+,38+,39+,40+/m0/s1. The van der Waals surface area contributed by atoms with Crippen molar-refractivity contribution in [1.29, 1.82) is 0 Å². The molecule has 8 fully saturated rings.